The van der Waals surface area contributed by atoms with E-state index in [9.17, 15) is 10.2 Å². The van der Waals surface area contributed by atoms with Crippen LogP contribution in [0.15, 0.2) is 11.1 Å². The molecule has 0 spiro atoms. The smallest absolute Gasteiger partial charge is 0.0659 e. The van der Waals surface area contributed by atoms with Gasteiger partial charge in [-0.15, -0.1) is 0 Å². The Morgan fingerprint density at radius 2 is 2.06 bits per heavy atom. The largest absolute Gasteiger partial charge is 0.392 e. The minimum atomic E-state index is -0.491. The van der Waals surface area contributed by atoms with E-state index < -0.39 is 5.60 Å². The second-order valence-corrected chi connectivity index (χ2v) is 6.98. The molecule has 0 heterocycles. The van der Waals surface area contributed by atoms with Crippen molar-refractivity contribution in [3.8, 4) is 0 Å². The zero-order chi connectivity index (χ0) is 12.4. The van der Waals surface area contributed by atoms with Crippen LogP contribution in [0.2, 0.25) is 0 Å². The highest BCUT2D eigenvalue weighted by Crippen LogP contribution is 2.73. The lowest BCUT2D eigenvalue weighted by atomic mass is 9.33. The summed E-state index contributed by atoms with van der Waals surface area (Å²) in [6.45, 7) is 6.64. The molecular formula is C15H24O2. The Morgan fingerprint density at radius 3 is 2.65 bits per heavy atom. The topological polar surface area (TPSA) is 40.5 Å². The van der Waals surface area contributed by atoms with E-state index in [1.54, 1.807) is 0 Å². The Hall–Kier alpha value is -0.340. The van der Waals surface area contributed by atoms with Crippen LogP contribution in [-0.4, -0.2) is 22.4 Å². The third-order valence-electron chi connectivity index (χ3n) is 6.10. The highest BCUT2D eigenvalue weighted by Gasteiger charge is 2.69. The number of rotatable bonds is 1. The van der Waals surface area contributed by atoms with Crippen LogP contribution in [0.1, 0.15) is 46.5 Å². The van der Waals surface area contributed by atoms with Crippen LogP contribution in [0.25, 0.3) is 0 Å². The van der Waals surface area contributed by atoms with Crippen molar-refractivity contribution in [3.05, 3.63) is 11.1 Å². The molecule has 4 aliphatic rings. The summed E-state index contributed by atoms with van der Waals surface area (Å²) in [5, 5.41) is 20.0. The van der Waals surface area contributed by atoms with Gasteiger partial charge in [-0.05, 0) is 68.3 Å². The summed E-state index contributed by atoms with van der Waals surface area (Å²) in [6, 6.07) is 0. The average molecular weight is 236 g/mol. The van der Waals surface area contributed by atoms with E-state index in [0.29, 0.717) is 17.3 Å². The predicted octanol–water partition coefficient (Wildman–Crippen LogP) is 2.50. The molecule has 0 aliphatic heterocycles. The second-order valence-electron chi connectivity index (χ2n) is 6.98. The van der Waals surface area contributed by atoms with Gasteiger partial charge < -0.3 is 10.2 Å². The zero-order valence-corrected chi connectivity index (χ0v) is 11.2. The quantitative estimate of drug-likeness (QED) is 0.687. The number of hydrogen-bond donors (Lipinski definition) is 2. The van der Waals surface area contributed by atoms with Crippen molar-refractivity contribution in [3.63, 3.8) is 0 Å². The highest BCUT2D eigenvalue weighted by atomic mass is 16.3. The standard InChI is InChI=1S/C15H24O2/c1-9(8-16)10-4-6-14(2)11-5-7-15(3,17)13(14)12(10)11/h11-13,16-17H,4-8H2,1-3H3. The third-order valence-corrected chi connectivity index (χ3v) is 6.10. The number of hydrogen-bond acceptors (Lipinski definition) is 2. The second kappa shape index (κ2) is 3.36. The molecule has 4 fully saturated rings. The molecule has 5 atom stereocenters. The molecular weight excluding hydrogens is 212 g/mol. The van der Waals surface area contributed by atoms with Crippen molar-refractivity contribution in [2.24, 2.45) is 23.2 Å². The molecule has 2 heteroatoms. The third kappa shape index (κ3) is 1.29. The van der Waals surface area contributed by atoms with Gasteiger partial charge in [0.15, 0.2) is 0 Å². The number of aliphatic hydroxyl groups is 2. The molecule has 4 saturated carbocycles. The van der Waals surface area contributed by atoms with Crippen molar-refractivity contribution >= 4 is 0 Å². The van der Waals surface area contributed by atoms with Crippen molar-refractivity contribution in [2.75, 3.05) is 6.61 Å². The fourth-order valence-corrected chi connectivity index (χ4v) is 5.33. The van der Waals surface area contributed by atoms with E-state index in [1.165, 1.54) is 12.0 Å². The first-order valence-corrected chi connectivity index (χ1v) is 6.93. The first-order valence-electron chi connectivity index (χ1n) is 6.93. The van der Waals surface area contributed by atoms with Gasteiger partial charge in [-0.1, -0.05) is 12.5 Å². The van der Waals surface area contributed by atoms with E-state index in [0.717, 1.165) is 30.8 Å². The van der Waals surface area contributed by atoms with Crippen LogP contribution in [0, 0.1) is 23.2 Å². The Kier molecular flexibility index (Phi) is 2.32. The van der Waals surface area contributed by atoms with Crippen LogP contribution in [0.4, 0.5) is 0 Å². The van der Waals surface area contributed by atoms with Crippen LogP contribution < -0.4 is 0 Å². The van der Waals surface area contributed by atoms with Crippen LogP contribution in [0.3, 0.4) is 0 Å². The summed E-state index contributed by atoms with van der Waals surface area (Å²) in [6.07, 6.45) is 4.45. The molecule has 0 aromatic carbocycles. The van der Waals surface area contributed by atoms with E-state index in [2.05, 4.69) is 13.8 Å². The Morgan fingerprint density at radius 1 is 1.35 bits per heavy atom. The van der Waals surface area contributed by atoms with Crippen molar-refractivity contribution < 1.29 is 10.2 Å². The normalized spacial score (nSPS) is 55.2. The van der Waals surface area contributed by atoms with E-state index in [4.69, 9.17) is 0 Å². The monoisotopic (exact) mass is 236 g/mol. The first-order chi connectivity index (χ1) is 7.92. The molecule has 4 rings (SSSR count). The predicted molar refractivity (Wildman–Crippen MR) is 67.5 cm³/mol. The molecule has 0 amide bonds. The van der Waals surface area contributed by atoms with E-state index in [1.807, 2.05) is 6.92 Å². The van der Waals surface area contributed by atoms with Gasteiger partial charge in [-0.2, -0.15) is 0 Å². The summed E-state index contributed by atoms with van der Waals surface area (Å²) in [7, 11) is 0. The van der Waals surface area contributed by atoms with E-state index >= 15 is 0 Å². The lowest BCUT2D eigenvalue weighted by Gasteiger charge is -2.72. The summed E-state index contributed by atoms with van der Waals surface area (Å²) in [5.74, 6) is 1.75. The maximum atomic E-state index is 10.6. The Balaban J connectivity index is 2.01. The van der Waals surface area contributed by atoms with Crippen LogP contribution >= 0.6 is 0 Å². The van der Waals surface area contributed by atoms with Gasteiger partial charge in [-0.3, -0.25) is 0 Å². The molecule has 2 nitrogen and oxygen atoms in total. The summed E-state index contributed by atoms with van der Waals surface area (Å²) in [4.78, 5) is 0. The lowest BCUT2D eigenvalue weighted by Crippen LogP contribution is -2.69. The molecule has 5 unspecified atom stereocenters. The fourth-order valence-electron chi connectivity index (χ4n) is 5.33. The Labute approximate surface area is 104 Å². The van der Waals surface area contributed by atoms with Gasteiger partial charge in [0.2, 0.25) is 0 Å². The van der Waals surface area contributed by atoms with Gasteiger partial charge in [0.25, 0.3) is 0 Å². The molecule has 17 heavy (non-hydrogen) atoms. The maximum absolute atomic E-state index is 10.6. The highest BCUT2D eigenvalue weighted by molar-refractivity contribution is 5.32. The lowest BCUT2D eigenvalue weighted by molar-refractivity contribution is -0.251. The van der Waals surface area contributed by atoms with Crippen LogP contribution in [-0.2, 0) is 0 Å². The average Bonchev–Trinajstić information content (AvgIpc) is 2.27. The number of allylic oxidation sites excluding steroid dienone is 1. The minimum absolute atomic E-state index is 0.185. The van der Waals surface area contributed by atoms with Gasteiger partial charge in [0.05, 0.1) is 12.2 Å². The maximum Gasteiger partial charge on any atom is 0.0659 e. The molecule has 0 radical (unpaired) electrons. The minimum Gasteiger partial charge on any atom is -0.392 e. The summed E-state index contributed by atoms with van der Waals surface area (Å²) in [5.41, 5.74) is 2.50. The van der Waals surface area contributed by atoms with Gasteiger partial charge in [0.1, 0.15) is 0 Å². The number of fused-ring (bicyclic) bond motifs is 2. The zero-order valence-electron chi connectivity index (χ0n) is 11.2. The molecule has 0 saturated heterocycles. The van der Waals surface area contributed by atoms with Crippen molar-refractivity contribution in [1.29, 1.82) is 0 Å². The first kappa shape index (κ1) is 11.7. The van der Waals surface area contributed by atoms with E-state index in [-0.39, 0.29) is 6.61 Å². The van der Waals surface area contributed by atoms with Crippen LogP contribution in [0.5, 0.6) is 0 Å². The molecule has 4 aliphatic carbocycles. The molecule has 2 N–H and O–H groups in total. The molecule has 96 valence electrons. The number of aliphatic hydroxyl groups excluding tert-OH is 1. The van der Waals surface area contributed by atoms with Crippen molar-refractivity contribution in [1.82, 2.24) is 0 Å². The molecule has 4 bridgehead atoms. The van der Waals surface area contributed by atoms with Gasteiger partial charge in [-0.25, -0.2) is 0 Å². The van der Waals surface area contributed by atoms with Crippen molar-refractivity contribution in [2.45, 2.75) is 52.1 Å². The SMILES string of the molecule is CC(CO)=C1CCC2(C)C3CCC(C)(O)C2C13. The summed E-state index contributed by atoms with van der Waals surface area (Å²) < 4.78 is 0. The molecule has 0 aromatic heterocycles. The van der Waals surface area contributed by atoms with Gasteiger partial charge >= 0.3 is 0 Å². The summed E-state index contributed by atoms with van der Waals surface area (Å²) >= 11 is 0. The Bertz CT molecular complexity index is 382. The van der Waals surface area contributed by atoms with Gasteiger partial charge in [0, 0.05) is 0 Å². The molecule has 0 aromatic rings. The fraction of sp³-hybridized carbons (Fsp3) is 0.867.